The van der Waals surface area contributed by atoms with Crippen LogP contribution < -0.4 is 10.1 Å². The van der Waals surface area contributed by atoms with Crippen molar-refractivity contribution in [3.05, 3.63) is 89.7 Å². The first-order valence-corrected chi connectivity index (χ1v) is 9.52. The van der Waals surface area contributed by atoms with Crippen LogP contribution in [-0.2, 0) is 0 Å². The summed E-state index contributed by atoms with van der Waals surface area (Å²) in [5, 5.41) is 2.68. The fourth-order valence-corrected chi connectivity index (χ4v) is 3.45. The summed E-state index contributed by atoms with van der Waals surface area (Å²) in [6.45, 7) is 0. The molecule has 0 aliphatic rings. The van der Waals surface area contributed by atoms with Crippen LogP contribution in [0.15, 0.2) is 77.7 Å². The van der Waals surface area contributed by atoms with Crippen molar-refractivity contribution < 1.29 is 18.7 Å². The van der Waals surface area contributed by atoms with Gasteiger partial charge in [0, 0.05) is 10.6 Å². The average molecular weight is 395 g/mol. The number of para-hydroxylation sites is 1. The number of ether oxygens (including phenoxy) is 1. The van der Waals surface area contributed by atoms with Gasteiger partial charge < -0.3 is 10.1 Å². The van der Waals surface area contributed by atoms with E-state index in [0.29, 0.717) is 17.0 Å². The SMILES string of the molecule is COc1ccccc1C(=O)CSc1cccc(NC(=O)c2ccccc2F)c1. The fourth-order valence-electron chi connectivity index (χ4n) is 2.61. The van der Waals surface area contributed by atoms with E-state index in [0.717, 1.165) is 4.90 Å². The molecule has 0 aliphatic carbocycles. The van der Waals surface area contributed by atoms with Crippen LogP contribution in [-0.4, -0.2) is 24.6 Å². The van der Waals surface area contributed by atoms with Crippen molar-refractivity contribution >= 4 is 29.1 Å². The van der Waals surface area contributed by atoms with Crippen molar-refractivity contribution in [1.29, 1.82) is 0 Å². The van der Waals surface area contributed by atoms with Gasteiger partial charge in [-0.3, -0.25) is 9.59 Å². The molecule has 0 unspecified atom stereocenters. The molecule has 0 aromatic heterocycles. The second-order valence-corrected chi connectivity index (χ2v) is 6.92. The Labute approximate surface area is 166 Å². The molecule has 3 aromatic rings. The Hall–Kier alpha value is -3.12. The quantitative estimate of drug-likeness (QED) is 0.449. The van der Waals surface area contributed by atoms with E-state index in [4.69, 9.17) is 4.74 Å². The van der Waals surface area contributed by atoms with E-state index in [9.17, 15) is 14.0 Å². The van der Waals surface area contributed by atoms with Gasteiger partial charge in [-0.25, -0.2) is 4.39 Å². The van der Waals surface area contributed by atoms with Gasteiger partial charge in [0.2, 0.25) is 0 Å². The Balaban J connectivity index is 1.66. The number of carbonyl (C=O) groups is 2. The summed E-state index contributed by atoms with van der Waals surface area (Å²) in [6, 6.07) is 20.0. The molecule has 28 heavy (non-hydrogen) atoms. The predicted octanol–water partition coefficient (Wildman–Crippen LogP) is 5.06. The lowest BCUT2D eigenvalue weighted by Gasteiger charge is -2.09. The average Bonchev–Trinajstić information content (AvgIpc) is 2.72. The Kier molecular flexibility index (Phi) is 6.45. The molecule has 0 bridgehead atoms. The van der Waals surface area contributed by atoms with E-state index in [1.165, 1.54) is 37.1 Å². The summed E-state index contributed by atoms with van der Waals surface area (Å²) in [5.74, 6) is -0.383. The first kappa shape index (κ1) is 19.6. The normalized spacial score (nSPS) is 10.4. The van der Waals surface area contributed by atoms with Crippen molar-refractivity contribution in [1.82, 2.24) is 0 Å². The molecule has 1 N–H and O–H groups in total. The molecular weight excluding hydrogens is 377 g/mol. The zero-order chi connectivity index (χ0) is 19.9. The van der Waals surface area contributed by atoms with Crippen molar-refractivity contribution in [2.75, 3.05) is 18.2 Å². The highest BCUT2D eigenvalue weighted by molar-refractivity contribution is 8.00. The number of ketones is 1. The van der Waals surface area contributed by atoms with Crippen molar-refractivity contribution in [3.8, 4) is 5.75 Å². The van der Waals surface area contributed by atoms with E-state index in [1.807, 2.05) is 12.1 Å². The number of hydrogen-bond donors (Lipinski definition) is 1. The minimum atomic E-state index is -0.576. The number of thioether (sulfide) groups is 1. The first-order chi connectivity index (χ1) is 13.6. The molecule has 0 radical (unpaired) electrons. The number of methoxy groups -OCH3 is 1. The van der Waals surface area contributed by atoms with Crippen molar-refractivity contribution in [2.45, 2.75) is 4.90 Å². The summed E-state index contributed by atoms with van der Waals surface area (Å²) in [4.78, 5) is 25.5. The molecule has 4 nitrogen and oxygen atoms in total. The van der Waals surface area contributed by atoms with E-state index in [-0.39, 0.29) is 17.1 Å². The largest absolute Gasteiger partial charge is 0.496 e. The predicted molar refractivity (Wildman–Crippen MR) is 109 cm³/mol. The van der Waals surface area contributed by atoms with Crippen LogP contribution in [0, 0.1) is 5.82 Å². The van der Waals surface area contributed by atoms with E-state index >= 15 is 0 Å². The maximum Gasteiger partial charge on any atom is 0.258 e. The third-order valence-electron chi connectivity index (χ3n) is 3.99. The highest BCUT2D eigenvalue weighted by Crippen LogP contribution is 2.25. The van der Waals surface area contributed by atoms with Crippen molar-refractivity contribution in [2.24, 2.45) is 0 Å². The zero-order valence-corrected chi connectivity index (χ0v) is 16.0. The Morgan fingerprint density at radius 2 is 1.68 bits per heavy atom. The van der Waals surface area contributed by atoms with Gasteiger partial charge in [0.25, 0.3) is 5.91 Å². The van der Waals surface area contributed by atoms with E-state index in [1.54, 1.807) is 42.5 Å². The molecular formula is C22H18FNO3S. The minimum absolute atomic E-state index is 0.0214. The van der Waals surface area contributed by atoms with E-state index < -0.39 is 11.7 Å². The molecule has 0 heterocycles. The monoisotopic (exact) mass is 395 g/mol. The summed E-state index contributed by atoms with van der Waals surface area (Å²) in [7, 11) is 1.53. The highest BCUT2D eigenvalue weighted by atomic mass is 32.2. The molecule has 3 aromatic carbocycles. The zero-order valence-electron chi connectivity index (χ0n) is 15.1. The molecule has 0 atom stereocenters. The van der Waals surface area contributed by atoms with Gasteiger partial charge in [-0.2, -0.15) is 0 Å². The topological polar surface area (TPSA) is 55.4 Å². The molecule has 0 saturated carbocycles. The molecule has 142 valence electrons. The van der Waals surface area contributed by atoms with Crippen molar-refractivity contribution in [3.63, 3.8) is 0 Å². The lowest BCUT2D eigenvalue weighted by molar-refractivity contribution is 0.101. The number of anilines is 1. The molecule has 6 heteroatoms. The summed E-state index contributed by atoms with van der Waals surface area (Å²) < 4.78 is 19.0. The van der Waals surface area contributed by atoms with Gasteiger partial charge in [-0.1, -0.05) is 30.3 Å². The van der Waals surface area contributed by atoms with Gasteiger partial charge in [0.15, 0.2) is 5.78 Å². The number of Topliss-reactive ketones (excluding diaryl/α,β-unsaturated/α-hetero) is 1. The number of amides is 1. The third-order valence-corrected chi connectivity index (χ3v) is 4.98. The summed E-state index contributed by atoms with van der Waals surface area (Å²) in [5.41, 5.74) is 1.04. The van der Waals surface area contributed by atoms with Gasteiger partial charge in [0.1, 0.15) is 11.6 Å². The van der Waals surface area contributed by atoms with Crippen LogP contribution in [0.25, 0.3) is 0 Å². The number of carbonyl (C=O) groups excluding carboxylic acids is 2. The first-order valence-electron chi connectivity index (χ1n) is 8.53. The Morgan fingerprint density at radius 3 is 2.43 bits per heavy atom. The third kappa shape index (κ3) is 4.78. The molecule has 0 spiro atoms. The summed E-state index contributed by atoms with van der Waals surface area (Å²) >= 11 is 1.35. The molecule has 1 amide bonds. The van der Waals surface area contributed by atoms with Gasteiger partial charge >= 0.3 is 0 Å². The van der Waals surface area contributed by atoms with Crippen LogP contribution >= 0.6 is 11.8 Å². The molecule has 0 saturated heterocycles. The van der Waals surface area contributed by atoms with Crippen LogP contribution in [0.2, 0.25) is 0 Å². The lowest BCUT2D eigenvalue weighted by Crippen LogP contribution is -2.13. The second-order valence-electron chi connectivity index (χ2n) is 5.87. The number of nitrogens with one attached hydrogen (secondary N) is 1. The summed E-state index contributed by atoms with van der Waals surface area (Å²) in [6.07, 6.45) is 0. The molecule has 3 rings (SSSR count). The van der Waals surface area contributed by atoms with Crippen LogP contribution in [0.3, 0.4) is 0 Å². The maximum absolute atomic E-state index is 13.7. The van der Waals surface area contributed by atoms with Crippen LogP contribution in [0.1, 0.15) is 20.7 Å². The second kappa shape index (κ2) is 9.19. The smallest absolute Gasteiger partial charge is 0.258 e. The van der Waals surface area contributed by atoms with Gasteiger partial charge in [-0.15, -0.1) is 11.8 Å². The number of hydrogen-bond acceptors (Lipinski definition) is 4. The number of halogens is 1. The number of rotatable bonds is 7. The Morgan fingerprint density at radius 1 is 0.964 bits per heavy atom. The maximum atomic E-state index is 13.7. The molecule has 0 fully saturated rings. The number of benzene rings is 3. The standard InChI is InChI=1S/C22H18FNO3S/c1-27-21-12-5-3-10-18(21)20(25)14-28-16-8-6-7-15(13-16)24-22(26)17-9-2-4-11-19(17)23/h2-13H,14H2,1H3,(H,24,26). The highest BCUT2D eigenvalue weighted by Gasteiger charge is 2.13. The minimum Gasteiger partial charge on any atom is -0.496 e. The van der Waals surface area contributed by atoms with Crippen LogP contribution in [0.5, 0.6) is 5.75 Å². The Bertz CT molecular complexity index is 1010. The van der Waals surface area contributed by atoms with Crippen LogP contribution in [0.4, 0.5) is 10.1 Å². The molecule has 0 aliphatic heterocycles. The van der Waals surface area contributed by atoms with Gasteiger partial charge in [-0.05, 0) is 42.5 Å². The van der Waals surface area contributed by atoms with Gasteiger partial charge in [0.05, 0.1) is 24.0 Å². The van der Waals surface area contributed by atoms with E-state index in [2.05, 4.69) is 5.32 Å². The fraction of sp³-hybridized carbons (Fsp3) is 0.0909. The lowest BCUT2D eigenvalue weighted by atomic mass is 10.1.